The first-order chi connectivity index (χ1) is 9.63. The molecule has 0 unspecified atom stereocenters. The van der Waals surface area contributed by atoms with E-state index in [2.05, 4.69) is 0 Å². The fraction of sp³-hybridized carbons (Fsp3) is 0.133. The minimum Gasteiger partial charge on any atom is -0.508 e. The summed E-state index contributed by atoms with van der Waals surface area (Å²) >= 11 is 0. The molecular weight excluding hydrogens is 260 g/mol. The topological polar surface area (TPSA) is 87.0 Å². The van der Waals surface area contributed by atoms with E-state index in [1.54, 1.807) is 0 Å². The summed E-state index contributed by atoms with van der Waals surface area (Å²) in [5.74, 6) is -0.110. The number of benzene rings is 2. The summed E-state index contributed by atoms with van der Waals surface area (Å²) in [6.07, 6.45) is 0. The second kappa shape index (κ2) is 8.55. The predicted octanol–water partition coefficient (Wildman–Crippen LogP) is 2.15. The van der Waals surface area contributed by atoms with Crippen molar-refractivity contribution in [3.63, 3.8) is 0 Å². The van der Waals surface area contributed by atoms with Gasteiger partial charge in [-0.15, -0.1) is 0 Å². The molecule has 2 aromatic rings. The standard InChI is InChI=1S/C8H10O2.C7H6O3/c9-6-7-10-8-4-2-1-3-5-8;8-6-3-1-5(2-4-6)7(9)10/h1-5,9H,6-7H2;1-4,8H,(H,9,10). The summed E-state index contributed by atoms with van der Waals surface area (Å²) in [4.78, 5) is 10.2. The molecule has 2 rings (SSSR count). The lowest BCUT2D eigenvalue weighted by Gasteiger charge is -2.01. The van der Waals surface area contributed by atoms with Crippen LogP contribution >= 0.6 is 0 Å². The van der Waals surface area contributed by atoms with E-state index < -0.39 is 5.97 Å². The summed E-state index contributed by atoms with van der Waals surface area (Å²) in [5.41, 5.74) is 0.179. The van der Waals surface area contributed by atoms with Gasteiger partial charge in [0.05, 0.1) is 12.2 Å². The van der Waals surface area contributed by atoms with Gasteiger partial charge in [-0.1, -0.05) is 18.2 Å². The average Bonchev–Trinajstić information content (AvgIpc) is 2.47. The normalized spacial score (nSPS) is 9.25. The smallest absolute Gasteiger partial charge is 0.335 e. The summed E-state index contributed by atoms with van der Waals surface area (Å²) in [6.45, 7) is 0.429. The van der Waals surface area contributed by atoms with Crippen LogP contribution in [0.5, 0.6) is 11.5 Å². The van der Waals surface area contributed by atoms with Crippen LogP contribution < -0.4 is 4.74 Å². The molecular formula is C15H16O5. The molecule has 0 aliphatic rings. The molecule has 5 nitrogen and oxygen atoms in total. The fourth-order valence-electron chi connectivity index (χ4n) is 1.28. The quantitative estimate of drug-likeness (QED) is 0.796. The van der Waals surface area contributed by atoms with Crippen LogP contribution in [0.3, 0.4) is 0 Å². The van der Waals surface area contributed by atoms with Crippen molar-refractivity contribution in [2.75, 3.05) is 13.2 Å². The minimum atomic E-state index is -0.986. The Morgan fingerprint density at radius 3 is 2.10 bits per heavy atom. The molecule has 0 aliphatic carbocycles. The number of rotatable bonds is 4. The van der Waals surface area contributed by atoms with Gasteiger partial charge in [0, 0.05) is 0 Å². The Balaban J connectivity index is 0.000000200. The molecule has 0 bridgehead atoms. The molecule has 0 heterocycles. The van der Waals surface area contributed by atoms with Crippen LogP contribution in [0.2, 0.25) is 0 Å². The number of ether oxygens (including phenoxy) is 1. The predicted molar refractivity (Wildman–Crippen MR) is 74.1 cm³/mol. The second-order valence-corrected chi connectivity index (χ2v) is 3.74. The molecule has 0 aliphatic heterocycles. The van der Waals surface area contributed by atoms with Crippen molar-refractivity contribution in [1.29, 1.82) is 0 Å². The molecule has 0 fully saturated rings. The van der Waals surface area contributed by atoms with Crippen molar-refractivity contribution >= 4 is 5.97 Å². The van der Waals surface area contributed by atoms with Crippen molar-refractivity contribution < 1.29 is 24.9 Å². The third-order valence-corrected chi connectivity index (χ3v) is 2.22. The lowest BCUT2D eigenvalue weighted by atomic mass is 10.2. The maximum absolute atomic E-state index is 10.2. The van der Waals surface area contributed by atoms with Crippen LogP contribution in [-0.4, -0.2) is 34.5 Å². The van der Waals surface area contributed by atoms with Crippen LogP contribution in [0.15, 0.2) is 54.6 Å². The number of aliphatic hydroxyl groups is 1. The summed E-state index contributed by atoms with van der Waals surface area (Å²) in [5, 5.41) is 25.5. The molecule has 0 atom stereocenters. The van der Waals surface area contributed by atoms with E-state index in [4.69, 9.17) is 20.1 Å². The van der Waals surface area contributed by atoms with Crippen LogP contribution in [0, 0.1) is 0 Å². The average molecular weight is 276 g/mol. The molecule has 0 aromatic heterocycles. The van der Waals surface area contributed by atoms with Gasteiger partial charge in [-0.05, 0) is 36.4 Å². The SMILES string of the molecule is O=C(O)c1ccc(O)cc1.OCCOc1ccccc1. The minimum absolute atomic E-state index is 0.0644. The highest BCUT2D eigenvalue weighted by Crippen LogP contribution is 2.09. The van der Waals surface area contributed by atoms with Gasteiger partial charge in [0.2, 0.25) is 0 Å². The second-order valence-electron chi connectivity index (χ2n) is 3.74. The van der Waals surface area contributed by atoms with Crippen molar-refractivity contribution in [2.45, 2.75) is 0 Å². The van der Waals surface area contributed by atoms with Crippen molar-refractivity contribution in [2.24, 2.45) is 0 Å². The molecule has 0 saturated carbocycles. The number of phenolic OH excluding ortho intramolecular Hbond substituents is 1. The zero-order chi connectivity index (χ0) is 14.8. The number of phenols is 1. The first-order valence-electron chi connectivity index (χ1n) is 5.94. The lowest BCUT2D eigenvalue weighted by molar-refractivity contribution is 0.0697. The Hall–Kier alpha value is -2.53. The van der Waals surface area contributed by atoms with Gasteiger partial charge in [0.15, 0.2) is 0 Å². The Morgan fingerprint density at radius 1 is 1.00 bits per heavy atom. The molecule has 20 heavy (non-hydrogen) atoms. The maximum Gasteiger partial charge on any atom is 0.335 e. The Morgan fingerprint density at radius 2 is 1.60 bits per heavy atom. The van der Waals surface area contributed by atoms with E-state index in [0.717, 1.165) is 5.75 Å². The number of carboxylic acids is 1. The van der Waals surface area contributed by atoms with Crippen molar-refractivity contribution in [3.05, 3.63) is 60.2 Å². The number of aliphatic hydroxyl groups excluding tert-OH is 1. The molecule has 0 saturated heterocycles. The number of carboxylic acid groups (broad SMARTS) is 1. The highest BCUT2D eigenvalue weighted by molar-refractivity contribution is 5.87. The molecule has 2 aromatic carbocycles. The highest BCUT2D eigenvalue weighted by Gasteiger charge is 1.99. The van der Waals surface area contributed by atoms with E-state index in [0.29, 0.717) is 6.61 Å². The first kappa shape index (κ1) is 15.5. The molecule has 106 valence electrons. The largest absolute Gasteiger partial charge is 0.508 e. The summed E-state index contributed by atoms with van der Waals surface area (Å²) < 4.78 is 5.11. The zero-order valence-electron chi connectivity index (χ0n) is 10.8. The number of aromatic carboxylic acids is 1. The van der Waals surface area contributed by atoms with Gasteiger partial charge in [-0.25, -0.2) is 4.79 Å². The van der Waals surface area contributed by atoms with Crippen LogP contribution in [0.1, 0.15) is 10.4 Å². The lowest BCUT2D eigenvalue weighted by Crippen LogP contribution is -2.00. The van der Waals surface area contributed by atoms with Crippen LogP contribution in [0.25, 0.3) is 0 Å². The van der Waals surface area contributed by atoms with E-state index >= 15 is 0 Å². The van der Waals surface area contributed by atoms with E-state index in [1.165, 1.54) is 24.3 Å². The third-order valence-electron chi connectivity index (χ3n) is 2.22. The number of hydrogen-bond acceptors (Lipinski definition) is 4. The van der Waals surface area contributed by atoms with Gasteiger partial charge < -0.3 is 20.1 Å². The first-order valence-corrected chi connectivity index (χ1v) is 5.94. The Labute approximate surface area is 116 Å². The maximum atomic E-state index is 10.2. The van der Waals surface area contributed by atoms with Crippen molar-refractivity contribution in [3.8, 4) is 11.5 Å². The summed E-state index contributed by atoms with van der Waals surface area (Å²) in [7, 11) is 0. The van der Waals surface area contributed by atoms with Crippen LogP contribution in [0.4, 0.5) is 0 Å². The molecule has 0 radical (unpaired) electrons. The van der Waals surface area contributed by atoms with E-state index in [9.17, 15) is 4.79 Å². The van der Waals surface area contributed by atoms with Crippen LogP contribution in [-0.2, 0) is 0 Å². The monoisotopic (exact) mass is 276 g/mol. The zero-order valence-corrected chi connectivity index (χ0v) is 10.8. The van der Waals surface area contributed by atoms with Gasteiger partial charge in [-0.2, -0.15) is 0 Å². The molecule has 5 heteroatoms. The number of carbonyl (C=O) groups is 1. The third kappa shape index (κ3) is 5.88. The fourth-order valence-corrected chi connectivity index (χ4v) is 1.28. The molecule has 0 amide bonds. The Kier molecular flexibility index (Phi) is 6.64. The van der Waals surface area contributed by atoms with Gasteiger partial charge in [-0.3, -0.25) is 0 Å². The highest BCUT2D eigenvalue weighted by atomic mass is 16.5. The van der Waals surface area contributed by atoms with Gasteiger partial charge >= 0.3 is 5.97 Å². The molecule has 0 spiro atoms. The van der Waals surface area contributed by atoms with E-state index in [-0.39, 0.29) is 17.9 Å². The Bertz CT molecular complexity index is 508. The van der Waals surface area contributed by atoms with Gasteiger partial charge in [0.1, 0.15) is 18.1 Å². The summed E-state index contributed by atoms with van der Waals surface area (Å²) in [6, 6.07) is 14.8. The molecule has 3 N–H and O–H groups in total. The van der Waals surface area contributed by atoms with Gasteiger partial charge in [0.25, 0.3) is 0 Å². The van der Waals surface area contributed by atoms with Crippen molar-refractivity contribution in [1.82, 2.24) is 0 Å². The number of aromatic hydroxyl groups is 1. The number of hydrogen-bond donors (Lipinski definition) is 3. The van der Waals surface area contributed by atoms with E-state index in [1.807, 2.05) is 30.3 Å². The number of para-hydroxylation sites is 1.